The lowest BCUT2D eigenvalue weighted by atomic mass is 10.1. The number of amides is 1. The Kier molecular flexibility index (Phi) is 5.63. The Morgan fingerprint density at radius 1 is 1.17 bits per heavy atom. The number of alkyl halides is 3. The summed E-state index contributed by atoms with van der Waals surface area (Å²) in [5.74, 6) is -0.584. The van der Waals surface area contributed by atoms with Crippen LogP contribution < -0.4 is 11.1 Å². The van der Waals surface area contributed by atoms with Gasteiger partial charge in [-0.15, -0.1) is 0 Å². The molecule has 182 valence electrons. The normalized spacial score (nSPS) is 15.7. The maximum atomic E-state index is 12.9. The van der Waals surface area contributed by atoms with Crippen LogP contribution in [0.15, 0.2) is 48.9 Å². The Balaban J connectivity index is 1.43. The van der Waals surface area contributed by atoms with Crippen LogP contribution in [0.3, 0.4) is 0 Å². The van der Waals surface area contributed by atoms with E-state index in [-0.39, 0.29) is 23.2 Å². The highest BCUT2D eigenvalue weighted by molar-refractivity contribution is 6.04. The summed E-state index contributed by atoms with van der Waals surface area (Å²) in [6, 6.07) is 7.88. The van der Waals surface area contributed by atoms with Gasteiger partial charge < -0.3 is 16.0 Å². The van der Waals surface area contributed by atoms with Crippen molar-refractivity contribution in [3.8, 4) is 17.5 Å². The zero-order chi connectivity index (χ0) is 25.4. The Hall–Kier alpha value is -4.73. The number of carbonyl (C=O) groups is 1. The van der Waals surface area contributed by atoms with Crippen molar-refractivity contribution in [3.05, 3.63) is 60.0 Å². The molecule has 4 heterocycles. The summed E-state index contributed by atoms with van der Waals surface area (Å²) in [5, 5.41) is 16.9. The Labute approximate surface area is 202 Å². The summed E-state index contributed by atoms with van der Waals surface area (Å²) in [6.07, 6.45) is 0.648. The Morgan fingerprint density at radius 3 is 2.64 bits per heavy atom. The van der Waals surface area contributed by atoms with E-state index >= 15 is 0 Å². The molecule has 36 heavy (non-hydrogen) atoms. The summed E-state index contributed by atoms with van der Waals surface area (Å²) in [7, 11) is 0. The van der Waals surface area contributed by atoms with Crippen molar-refractivity contribution in [2.24, 2.45) is 0 Å². The average molecular weight is 493 g/mol. The van der Waals surface area contributed by atoms with E-state index in [9.17, 15) is 23.2 Å². The van der Waals surface area contributed by atoms with Gasteiger partial charge in [-0.3, -0.25) is 4.79 Å². The van der Waals surface area contributed by atoms with Gasteiger partial charge >= 0.3 is 6.18 Å². The highest BCUT2D eigenvalue weighted by Gasteiger charge is 2.31. The monoisotopic (exact) mass is 493 g/mol. The second-order valence-electron chi connectivity index (χ2n) is 8.20. The number of rotatable bonds is 4. The lowest BCUT2D eigenvalue weighted by Gasteiger charge is -2.11. The standard InChI is InChI=1S/C23H18F3N9O/c24-23(25,26)15-5-7-29-17(9-15)32-22(36)14-3-1-13(2-4-14)19-18-20(28)30-12-31-21(18)35(33-19)16-6-8-34(10-16)11-27/h1-5,7,9,12,16H,6,8,10H2,(H2,28,30,31)(H,29,32,36). The van der Waals surface area contributed by atoms with Crippen LogP contribution >= 0.6 is 0 Å². The number of anilines is 2. The van der Waals surface area contributed by atoms with E-state index in [1.807, 2.05) is 0 Å². The van der Waals surface area contributed by atoms with Crippen molar-refractivity contribution in [1.29, 1.82) is 5.26 Å². The van der Waals surface area contributed by atoms with Gasteiger partial charge in [-0.1, -0.05) is 12.1 Å². The predicted molar refractivity (Wildman–Crippen MR) is 123 cm³/mol. The average Bonchev–Trinajstić information content (AvgIpc) is 3.49. The van der Waals surface area contributed by atoms with Gasteiger partial charge in [-0.25, -0.2) is 19.6 Å². The first-order chi connectivity index (χ1) is 17.2. The van der Waals surface area contributed by atoms with E-state index in [1.165, 1.54) is 18.5 Å². The molecule has 5 rings (SSSR count). The number of carbonyl (C=O) groups excluding carboxylic acids is 1. The highest BCUT2D eigenvalue weighted by Crippen LogP contribution is 2.34. The molecular formula is C23H18F3N9O. The number of pyridine rings is 1. The van der Waals surface area contributed by atoms with Crippen molar-refractivity contribution in [2.75, 3.05) is 24.1 Å². The van der Waals surface area contributed by atoms with Crippen molar-refractivity contribution in [2.45, 2.75) is 18.6 Å². The fourth-order valence-corrected chi connectivity index (χ4v) is 4.13. The van der Waals surface area contributed by atoms with E-state index in [0.717, 1.165) is 24.8 Å². The van der Waals surface area contributed by atoms with Crippen LogP contribution in [-0.4, -0.2) is 48.6 Å². The van der Waals surface area contributed by atoms with Crippen molar-refractivity contribution < 1.29 is 18.0 Å². The summed E-state index contributed by atoms with van der Waals surface area (Å²) in [4.78, 5) is 26.5. The molecule has 1 atom stereocenters. The predicted octanol–water partition coefficient (Wildman–Crippen LogP) is 3.47. The Bertz CT molecular complexity index is 1490. The topological polar surface area (TPSA) is 139 Å². The molecule has 0 aliphatic carbocycles. The molecule has 1 saturated heterocycles. The minimum Gasteiger partial charge on any atom is -0.383 e. The van der Waals surface area contributed by atoms with Gasteiger partial charge in [0.05, 0.1) is 23.5 Å². The maximum Gasteiger partial charge on any atom is 0.416 e. The number of nitrogens with two attached hydrogens (primary N) is 1. The first-order valence-electron chi connectivity index (χ1n) is 10.8. The molecule has 0 spiro atoms. The molecule has 10 nitrogen and oxygen atoms in total. The van der Waals surface area contributed by atoms with Gasteiger partial charge in [0, 0.05) is 23.9 Å². The third-order valence-corrected chi connectivity index (χ3v) is 5.92. The van der Waals surface area contributed by atoms with Crippen LogP contribution in [0, 0.1) is 11.5 Å². The molecular weight excluding hydrogens is 475 g/mol. The minimum atomic E-state index is -4.55. The molecule has 0 radical (unpaired) electrons. The highest BCUT2D eigenvalue weighted by atomic mass is 19.4. The van der Waals surface area contributed by atoms with Gasteiger partial charge in [-0.2, -0.15) is 23.5 Å². The third-order valence-electron chi connectivity index (χ3n) is 5.92. The van der Waals surface area contributed by atoms with Crippen molar-refractivity contribution in [3.63, 3.8) is 0 Å². The van der Waals surface area contributed by atoms with Gasteiger partial charge in [0.1, 0.15) is 23.7 Å². The van der Waals surface area contributed by atoms with Gasteiger partial charge in [0.15, 0.2) is 11.8 Å². The van der Waals surface area contributed by atoms with Crippen LogP contribution in [0.25, 0.3) is 22.3 Å². The fourth-order valence-electron chi connectivity index (χ4n) is 4.13. The number of halogens is 3. The van der Waals surface area contributed by atoms with Crippen LogP contribution in [-0.2, 0) is 6.18 Å². The summed E-state index contributed by atoms with van der Waals surface area (Å²) in [6.45, 7) is 1.11. The van der Waals surface area contributed by atoms with Gasteiger partial charge in [0.25, 0.3) is 5.91 Å². The van der Waals surface area contributed by atoms with Crippen LogP contribution in [0.1, 0.15) is 28.4 Å². The molecule has 1 amide bonds. The molecule has 1 aliphatic heterocycles. The van der Waals surface area contributed by atoms with Gasteiger partial charge in [-0.05, 0) is 30.7 Å². The zero-order valence-corrected chi connectivity index (χ0v) is 18.6. The molecule has 1 unspecified atom stereocenters. The minimum absolute atomic E-state index is 0.0692. The van der Waals surface area contributed by atoms with E-state index in [2.05, 4.69) is 26.5 Å². The van der Waals surface area contributed by atoms with E-state index < -0.39 is 17.6 Å². The van der Waals surface area contributed by atoms with Gasteiger partial charge in [0.2, 0.25) is 0 Å². The molecule has 4 aromatic rings. The first kappa shape index (κ1) is 23.0. The molecule has 1 aliphatic rings. The number of nitrogen functional groups attached to an aromatic ring is 1. The van der Waals surface area contributed by atoms with Crippen LogP contribution in [0.2, 0.25) is 0 Å². The number of benzene rings is 1. The van der Waals surface area contributed by atoms with E-state index in [0.29, 0.717) is 35.4 Å². The first-order valence-corrected chi connectivity index (χ1v) is 10.8. The summed E-state index contributed by atoms with van der Waals surface area (Å²) < 4.78 is 40.5. The zero-order valence-electron chi connectivity index (χ0n) is 18.6. The molecule has 1 fully saturated rings. The number of likely N-dealkylation sites (tertiary alicyclic amines) is 1. The summed E-state index contributed by atoms with van der Waals surface area (Å²) >= 11 is 0. The second-order valence-corrected chi connectivity index (χ2v) is 8.20. The molecule has 3 N–H and O–H groups in total. The Morgan fingerprint density at radius 2 is 1.94 bits per heavy atom. The molecule has 1 aromatic carbocycles. The lowest BCUT2D eigenvalue weighted by molar-refractivity contribution is -0.137. The molecule has 0 bridgehead atoms. The number of nitriles is 1. The van der Waals surface area contributed by atoms with Crippen molar-refractivity contribution in [1.82, 2.24) is 29.6 Å². The molecule has 13 heteroatoms. The molecule has 0 saturated carbocycles. The smallest absolute Gasteiger partial charge is 0.383 e. The number of hydrogen-bond donors (Lipinski definition) is 2. The maximum absolute atomic E-state index is 12.9. The second kappa shape index (κ2) is 8.81. The number of aromatic nitrogens is 5. The number of hydrogen-bond acceptors (Lipinski definition) is 8. The van der Waals surface area contributed by atoms with Crippen LogP contribution in [0.5, 0.6) is 0 Å². The largest absolute Gasteiger partial charge is 0.416 e. The summed E-state index contributed by atoms with van der Waals surface area (Å²) in [5.41, 5.74) is 7.15. The quantitative estimate of drug-likeness (QED) is 0.412. The third kappa shape index (κ3) is 4.24. The number of fused-ring (bicyclic) bond motifs is 1. The fraction of sp³-hybridized carbons (Fsp3) is 0.217. The number of nitrogens with one attached hydrogen (secondary N) is 1. The lowest BCUT2D eigenvalue weighted by Crippen LogP contribution is -2.17. The van der Waals surface area contributed by atoms with Crippen LogP contribution in [0.4, 0.5) is 24.8 Å². The molecule has 3 aromatic heterocycles. The van der Waals surface area contributed by atoms with E-state index in [4.69, 9.17) is 10.8 Å². The van der Waals surface area contributed by atoms with E-state index in [1.54, 1.807) is 21.7 Å². The number of nitrogens with zero attached hydrogens (tertiary/aromatic N) is 7. The van der Waals surface area contributed by atoms with Crippen molar-refractivity contribution >= 4 is 28.6 Å². The SMILES string of the molecule is N#CN1CCC(n2nc(-c3ccc(C(=O)Nc4cc(C(F)(F)F)ccn4)cc3)c3c(N)ncnc32)C1.